The Morgan fingerprint density at radius 2 is 1.47 bits per heavy atom. The van der Waals surface area contributed by atoms with Crippen molar-refractivity contribution in [2.75, 3.05) is 44.4 Å². The van der Waals surface area contributed by atoms with Crippen LogP contribution < -0.4 is 19.1 Å². The molecule has 1 N–H and O–H groups in total. The number of benzene rings is 2. The molecular weight excluding hydrogens is 482 g/mol. The second kappa shape index (κ2) is 11.5. The van der Waals surface area contributed by atoms with Gasteiger partial charge in [0.1, 0.15) is 24.1 Å². The minimum absolute atomic E-state index is 0.111. The van der Waals surface area contributed by atoms with Gasteiger partial charge in [-0.25, -0.2) is 21.1 Å². The Labute approximate surface area is 201 Å². The summed E-state index contributed by atoms with van der Waals surface area (Å²) in [4.78, 5) is 12.8. The lowest BCUT2D eigenvalue weighted by molar-refractivity contribution is -0.121. The van der Waals surface area contributed by atoms with E-state index in [0.29, 0.717) is 23.8 Å². The maximum atomic E-state index is 12.6. The monoisotopic (exact) mass is 513 g/mol. The Bertz CT molecular complexity index is 1160. The van der Waals surface area contributed by atoms with Crippen molar-refractivity contribution in [3.8, 4) is 11.5 Å². The van der Waals surface area contributed by atoms with Crippen LogP contribution in [0.4, 0.5) is 5.69 Å². The van der Waals surface area contributed by atoms with Gasteiger partial charge in [0, 0.05) is 14.1 Å². The number of carbonyl (C=O) groups is 1. The fourth-order valence-corrected chi connectivity index (χ4v) is 5.15. The highest BCUT2D eigenvalue weighted by atomic mass is 32.2. The Hall–Kier alpha value is -2.83. The predicted octanol–water partition coefficient (Wildman–Crippen LogP) is 1.69. The molecule has 0 bridgehead atoms. The van der Waals surface area contributed by atoms with Crippen LogP contribution in [0.5, 0.6) is 11.5 Å². The molecule has 2 rings (SSSR count). The molecule has 34 heavy (non-hydrogen) atoms. The van der Waals surface area contributed by atoms with Crippen LogP contribution in [-0.2, 0) is 24.8 Å². The summed E-state index contributed by atoms with van der Waals surface area (Å²) >= 11 is 0. The average molecular weight is 514 g/mol. The summed E-state index contributed by atoms with van der Waals surface area (Å²) in [5.41, 5.74) is 0.345. The number of hydrogen-bond donors (Lipinski definition) is 1. The van der Waals surface area contributed by atoms with E-state index in [1.807, 2.05) is 6.92 Å². The first kappa shape index (κ1) is 27.4. The highest BCUT2D eigenvalue weighted by Crippen LogP contribution is 2.24. The number of sulfonamides is 2. The van der Waals surface area contributed by atoms with E-state index in [1.165, 1.54) is 45.3 Å². The molecule has 0 heterocycles. The predicted molar refractivity (Wildman–Crippen MR) is 130 cm³/mol. The molecule has 2 aromatic carbocycles. The number of rotatable bonds is 12. The molecule has 1 atom stereocenters. The van der Waals surface area contributed by atoms with E-state index in [4.69, 9.17) is 9.47 Å². The fourth-order valence-electron chi connectivity index (χ4n) is 3.07. The molecular formula is C22H31N3O7S2. The van der Waals surface area contributed by atoms with Gasteiger partial charge < -0.3 is 14.8 Å². The normalized spacial score (nSPS) is 12.8. The lowest BCUT2D eigenvalue weighted by Gasteiger charge is -2.28. The van der Waals surface area contributed by atoms with Crippen molar-refractivity contribution in [1.82, 2.24) is 9.62 Å². The van der Waals surface area contributed by atoms with Gasteiger partial charge in [-0.15, -0.1) is 0 Å². The first-order chi connectivity index (χ1) is 15.9. The maximum absolute atomic E-state index is 12.6. The Kier molecular flexibility index (Phi) is 9.30. The van der Waals surface area contributed by atoms with Crippen LogP contribution in [0.1, 0.15) is 13.8 Å². The third-order valence-corrected chi connectivity index (χ3v) is 7.83. The van der Waals surface area contributed by atoms with Gasteiger partial charge in [0.05, 0.1) is 30.0 Å². The number of anilines is 1. The number of nitrogens with one attached hydrogen (secondary N) is 1. The molecule has 0 aliphatic rings. The van der Waals surface area contributed by atoms with Crippen LogP contribution in [0.3, 0.4) is 0 Å². The summed E-state index contributed by atoms with van der Waals surface area (Å²) in [6.07, 6.45) is 1.04. The fraction of sp³-hybridized carbons (Fsp3) is 0.409. The van der Waals surface area contributed by atoms with Crippen LogP contribution in [-0.4, -0.2) is 73.2 Å². The maximum Gasteiger partial charge on any atom is 0.243 e. The quantitative estimate of drug-likeness (QED) is 0.429. The second-order valence-corrected chi connectivity index (χ2v) is 11.6. The SMILES string of the molecule is CCOc1ccc(N(C(C)C(=O)NCCOc2ccc(S(=O)(=O)N(C)C)cc2)S(C)(=O)=O)cc1. The minimum atomic E-state index is -3.74. The van der Waals surface area contributed by atoms with Gasteiger partial charge in [-0.05, 0) is 62.4 Å². The third-order valence-electron chi connectivity index (χ3n) is 4.76. The van der Waals surface area contributed by atoms with Crippen molar-refractivity contribution in [2.24, 2.45) is 0 Å². The van der Waals surface area contributed by atoms with Gasteiger partial charge in [-0.2, -0.15) is 0 Å². The number of ether oxygens (including phenoxy) is 2. The molecule has 0 saturated carbocycles. The Balaban J connectivity index is 1.96. The highest BCUT2D eigenvalue weighted by molar-refractivity contribution is 7.92. The van der Waals surface area contributed by atoms with Crippen LogP contribution in [0.15, 0.2) is 53.4 Å². The summed E-state index contributed by atoms with van der Waals surface area (Å²) in [5, 5.41) is 2.66. The van der Waals surface area contributed by atoms with Gasteiger partial charge in [0.2, 0.25) is 26.0 Å². The third kappa shape index (κ3) is 7.08. The molecule has 1 amide bonds. The van der Waals surface area contributed by atoms with Crippen LogP contribution in [0, 0.1) is 0 Å². The van der Waals surface area contributed by atoms with Crippen LogP contribution >= 0.6 is 0 Å². The molecule has 0 saturated heterocycles. The lowest BCUT2D eigenvalue weighted by atomic mass is 10.2. The molecule has 1 unspecified atom stereocenters. The molecule has 0 fully saturated rings. The topological polar surface area (TPSA) is 122 Å². The molecule has 0 radical (unpaired) electrons. The second-order valence-electron chi connectivity index (χ2n) is 7.56. The summed E-state index contributed by atoms with van der Waals surface area (Å²) in [6, 6.07) is 11.4. The molecule has 2 aromatic rings. The van der Waals surface area contributed by atoms with Gasteiger partial charge in [0.15, 0.2) is 0 Å². The molecule has 188 valence electrons. The summed E-state index contributed by atoms with van der Waals surface area (Å²) in [7, 11) is -4.37. The zero-order chi connectivity index (χ0) is 25.5. The largest absolute Gasteiger partial charge is 0.494 e. The highest BCUT2D eigenvalue weighted by Gasteiger charge is 2.29. The summed E-state index contributed by atoms with van der Waals surface area (Å²) in [5.74, 6) is 0.545. The van der Waals surface area contributed by atoms with E-state index in [9.17, 15) is 21.6 Å². The smallest absolute Gasteiger partial charge is 0.243 e. The van der Waals surface area contributed by atoms with E-state index in [0.717, 1.165) is 14.9 Å². The molecule has 12 heteroatoms. The van der Waals surface area contributed by atoms with Gasteiger partial charge >= 0.3 is 0 Å². The average Bonchev–Trinajstić information content (AvgIpc) is 2.77. The Morgan fingerprint density at radius 1 is 0.941 bits per heavy atom. The Morgan fingerprint density at radius 3 is 1.97 bits per heavy atom. The minimum Gasteiger partial charge on any atom is -0.494 e. The van der Waals surface area contributed by atoms with E-state index in [1.54, 1.807) is 24.3 Å². The lowest BCUT2D eigenvalue weighted by Crippen LogP contribution is -2.48. The zero-order valence-corrected chi connectivity index (χ0v) is 21.5. The number of hydrogen-bond acceptors (Lipinski definition) is 7. The molecule has 0 aromatic heterocycles. The number of nitrogens with zero attached hydrogens (tertiary/aromatic N) is 2. The van der Waals surface area contributed by atoms with Crippen molar-refractivity contribution in [3.63, 3.8) is 0 Å². The van der Waals surface area contributed by atoms with Crippen LogP contribution in [0.25, 0.3) is 0 Å². The first-order valence-electron chi connectivity index (χ1n) is 10.5. The van der Waals surface area contributed by atoms with Gasteiger partial charge in [-0.3, -0.25) is 9.10 Å². The molecule has 10 nitrogen and oxygen atoms in total. The van der Waals surface area contributed by atoms with Gasteiger partial charge in [-0.1, -0.05) is 0 Å². The van der Waals surface area contributed by atoms with E-state index in [2.05, 4.69) is 5.32 Å². The number of amides is 1. The number of carbonyl (C=O) groups excluding carboxylic acids is 1. The van der Waals surface area contributed by atoms with Crippen molar-refractivity contribution >= 4 is 31.6 Å². The standard InChI is InChI=1S/C22H31N3O7S2/c1-6-31-19-9-7-18(8-10-19)25(33(5,27)28)17(2)22(26)23-15-16-32-20-11-13-21(14-12-20)34(29,30)24(3)4/h7-14,17H,6,15-16H2,1-5H3,(H,23,26). The summed E-state index contributed by atoms with van der Waals surface area (Å²) < 4.78 is 62.1. The van der Waals surface area contributed by atoms with Crippen molar-refractivity contribution in [3.05, 3.63) is 48.5 Å². The van der Waals surface area contributed by atoms with E-state index < -0.39 is 32.0 Å². The van der Waals surface area contributed by atoms with Crippen molar-refractivity contribution in [2.45, 2.75) is 24.8 Å². The van der Waals surface area contributed by atoms with Crippen molar-refractivity contribution in [1.29, 1.82) is 0 Å². The van der Waals surface area contributed by atoms with Gasteiger partial charge in [0.25, 0.3) is 0 Å². The van der Waals surface area contributed by atoms with E-state index >= 15 is 0 Å². The van der Waals surface area contributed by atoms with Crippen LogP contribution in [0.2, 0.25) is 0 Å². The first-order valence-corrected chi connectivity index (χ1v) is 13.8. The molecule has 0 aliphatic carbocycles. The van der Waals surface area contributed by atoms with E-state index in [-0.39, 0.29) is 18.0 Å². The molecule has 0 aliphatic heterocycles. The molecule has 0 spiro atoms. The summed E-state index contributed by atoms with van der Waals surface area (Å²) in [6.45, 7) is 4.06. The zero-order valence-electron chi connectivity index (χ0n) is 19.9. The van der Waals surface area contributed by atoms with Crippen molar-refractivity contribution < 1.29 is 31.1 Å².